The smallest absolute Gasteiger partial charge is 0.203 e. The van der Waals surface area contributed by atoms with E-state index in [1.54, 1.807) is 36.4 Å². The number of phenolic OH excluding ortho intramolecular Hbond substituents is 1. The van der Waals surface area contributed by atoms with Crippen LogP contribution >= 0.6 is 0 Å². The summed E-state index contributed by atoms with van der Waals surface area (Å²) in [5, 5.41) is 19.0. The molecule has 0 atom stereocenters. The third kappa shape index (κ3) is 3.69. The van der Waals surface area contributed by atoms with E-state index in [-0.39, 0.29) is 11.3 Å². The van der Waals surface area contributed by atoms with Crippen LogP contribution in [0.1, 0.15) is 15.9 Å². The van der Waals surface area contributed by atoms with Crippen molar-refractivity contribution in [2.75, 3.05) is 14.2 Å². The predicted octanol–water partition coefficient (Wildman–Crippen LogP) is 3.20. The molecule has 0 saturated heterocycles. The number of rotatable bonds is 5. The van der Waals surface area contributed by atoms with Gasteiger partial charge in [0.05, 0.1) is 14.2 Å². The number of carbonyl (C=O) groups excluding carboxylic acids is 1. The zero-order chi connectivity index (χ0) is 16.8. The highest BCUT2D eigenvalue weighted by Crippen LogP contribution is 2.27. The molecule has 0 radical (unpaired) electrons. The highest BCUT2D eigenvalue weighted by Gasteiger charge is 2.13. The van der Waals surface area contributed by atoms with Crippen molar-refractivity contribution in [3.63, 3.8) is 0 Å². The van der Waals surface area contributed by atoms with E-state index in [1.807, 2.05) is 6.07 Å². The van der Waals surface area contributed by atoms with Gasteiger partial charge in [0, 0.05) is 5.56 Å². The molecule has 0 unspecified atom stereocenters. The predicted molar refractivity (Wildman–Crippen MR) is 85.6 cm³/mol. The second kappa shape index (κ2) is 7.14. The Kier molecular flexibility index (Phi) is 5.00. The number of carbonyl (C=O) groups is 1. The number of benzene rings is 2. The van der Waals surface area contributed by atoms with Crippen LogP contribution < -0.4 is 9.47 Å². The van der Waals surface area contributed by atoms with Crippen LogP contribution in [0, 0.1) is 11.3 Å². The lowest BCUT2D eigenvalue weighted by atomic mass is 10.0. The molecule has 0 heterocycles. The van der Waals surface area contributed by atoms with Crippen LogP contribution in [0.25, 0.3) is 6.08 Å². The fourth-order valence-electron chi connectivity index (χ4n) is 2.01. The molecule has 0 fully saturated rings. The summed E-state index contributed by atoms with van der Waals surface area (Å²) in [5.41, 5.74) is 0.887. The number of hydrogen-bond donors (Lipinski definition) is 1. The molecule has 0 aliphatic rings. The number of aromatic hydroxyl groups is 1. The first-order valence-electron chi connectivity index (χ1n) is 6.76. The lowest BCUT2D eigenvalue weighted by Crippen LogP contribution is -2.01. The van der Waals surface area contributed by atoms with Crippen molar-refractivity contribution >= 4 is 11.9 Å². The molecule has 5 heteroatoms. The van der Waals surface area contributed by atoms with Crippen LogP contribution in [-0.2, 0) is 0 Å². The highest BCUT2D eigenvalue weighted by atomic mass is 16.5. The van der Waals surface area contributed by atoms with E-state index < -0.39 is 5.78 Å². The van der Waals surface area contributed by atoms with Crippen molar-refractivity contribution in [3.8, 4) is 23.3 Å². The van der Waals surface area contributed by atoms with Gasteiger partial charge in [-0.25, -0.2) is 0 Å². The maximum atomic E-state index is 12.4. The van der Waals surface area contributed by atoms with E-state index in [1.165, 1.54) is 26.4 Å². The van der Waals surface area contributed by atoms with Crippen molar-refractivity contribution in [3.05, 3.63) is 59.2 Å². The van der Waals surface area contributed by atoms with Gasteiger partial charge >= 0.3 is 0 Å². The number of hydrogen-bond acceptors (Lipinski definition) is 5. The Bertz CT molecular complexity index is 786. The van der Waals surface area contributed by atoms with Gasteiger partial charge in [0.25, 0.3) is 0 Å². The molecule has 0 amide bonds. The SMILES string of the molecule is COc1ccc(C(=O)/C(C#N)=C\c2ccc(OC)c(O)c2)cc1. The van der Waals surface area contributed by atoms with Gasteiger partial charge in [-0.1, -0.05) is 6.07 Å². The van der Waals surface area contributed by atoms with Crippen molar-refractivity contribution in [1.29, 1.82) is 5.26 Å². The molecule has 2 aromatic rings. The Morgan fingerprint density at radius 3 is 2.35 bits per heavy atom. The molecule has 0 aliphatic carbocycles. The number of methoxy groups -OCH3 is 2. The molecule has 2 rings (SSSR count). The molecule has 0 saturated carbocycles. The number of ketones is 1. The first-order valence-corrected chi connectivity index (χ1v) is 6.76. The van der Waals surface area contributed by atoms with Crippen molar-refractivity contribution in [2.24, 2.45) is 0 Å². The molecule has 2 aromatic carbocycles. The average Bonchev–Trinajstić information content (AvgIpc) is 2.59. The summed E-state index contributed by atoms with van der Waals surface area (Å²) >= 11 is 0. The molecule has 1 N–H and O–H groups in total. The molecule has 23 heavy (non-hydrogen) atoms. The summed E-state index contributed by atoms with van der Waals surface area (Å²) in [6.45, 7) is 0. The Morgan fingerprint density at radius 2 is 1.83 bits per heavy atom. The van der Waals surface area contributed by atoms with Gasteiger partial charge in [0.2, 0.25) is 5.78 Å². The van der Waals surface area contributed by atoms with E-state index >= 15 is 0 Å². The summed E-state index contributed by atoms with van der Waals surface area (Å²) in [5.74, 6) is 0.493. The number of phenols is 1. The Hall–Kier alpha value is -3.26. The Balaban J connectivity index is 2.32. The summed E-state index contributed by atoms with van der Waals surface area (Å²) in [7, 11) is 2.98. The topological polar surface area (TPSA) is 79.6 Å². The van der Waals surface area contributed by atoms with Crippen LogP contribution in [-0.4, -0.2) is 25.1 Å². The van der Waals surface area contributed by atoms with Crippen molar-refractivity contribution in [2.45, 2.75) is 0 Å². The minimum Gasteiger partial charge on any atom is -0.504 e. The second-order valence-corrected chi connectivity index (χ2v) is 4.66. The minimum absolute atomic E-state index is 0.0280. The lowest BCUT2D eigenvalue weighted by molar-refractivity contribution is 0.104. The number of ether oxygens (including phenoxy) is 2. The highest BCUT2D eigenvalue weighted by molar-refractivity contribution is 6.14. The van der Waals surface area contributed by atoms with Crippen molar-refractivity contribution < 1.29 is 19.4 Å². The molecule has 5 nitrogen and oxygen atoms in total. The first kappa shape index (κ1) is 16.1. The van der Waals surface area contributed by atoms with Crippen LogP contribution in [0.4, 0.5) is 0 Å². The molecule has 0 aromatic heterocycles. The second-order valence-electron chi connectivity index (χ2n) is 4.66. The zero-order valence-corrected chi connectivity index (χ0v) is 12.7. The van der Waals surface area contributed by atoms with Gasteiger partial charge in [-0.05, 0) is 48.0 Å². The molecular formula is C18H15NO4. The van der Waals surface area contributed by atoms with Crippen LogP contribution in [0.5, 0.6) is 17.2 Å². The fourth-order valence-corrected chi connectivity index (χ4v) is 2.01. The van der Waals surface area contributed by atoms with E-state index in [2.05, 4.69) is 0 Å². The number of nitriles is 1. The summed E-state index contributed by atoms with van der Waals surface area (Å²) in [6, 6.07) is 13.0. The summed E-state index contributed by atoms with van der Waals surface area (Å²) < 4.78 is 9.99. The quantitative estimate of drug-likeness (QED) is 0.521. The van der Waals surface area contributed by atoms with E-state index in [9.17, 15) is 15.2 Å². The maximum absolute atomic E-state index is 12.4. The number of Topliss-reactive ketones (excluding diaryl/α,β-unsaturated/α-hetero) is 1. The first-order chi connectivity index (χ1) is 11.1. The molecule has 116 valence electrons. The number of allylic oxidation sites excluding steroid dienone is 1. The van der Waals surface area contributed by atoms with E-state index in [4.69, 9.17) is 9.47 Å². The van der Waals surface area contributed by atoms with Gasteiger partial charge < -0.3 is 14.6 Å². The van der Waals surface area contributed by atoms with E-state index in [0.29, 0.717) is 22.6 Å². The normalized spacial score (nSPS) is 10.7. The summed E-state index contributed by atoms with van der Waals surface area (Å²) in [6.07, 6.45) is 1.42. The average molecular weight is 309 g/mol. The number of nitrogens with zero attached hydrogens (tertiary/aromatic N) is 1. The fraction of sp³-hybridized carbons (Fsp3) is 0.111. The Labute approximate surface area is 134 Å². The van der Waals surface area contributed by atoms with Crippen LogP contribution in [0.2, 0.25) is 0 Å². The largest absolute Gasteiger partial charge is 0.504 e. The minimum atomic E-state index is -0.398. The molecular weight excluding hydrogens is 294 g/mol. The van der Waals surface area contributed by atoms with Gasteiger partial charge in [0.1, 0.15) is 17.4 Å². The van der Waals surface area contributed by atoms with E-state index in [0.717, 1.165) is 0 Å². The van der Waals surface area contributed by atoms with Crippen LogP contribution in [0.3, 0.4) is 0 Å². The molecule has 0 aliphatic heterocycles. The summed E-state index contributed by atoms with van der Waals surface area (Å²) in [4.78, 5) is 12.4. The molecule has 0 spiro atoms. The van der Waals surface area contributed by atoms with Gasteiger partial charge in [0.15, 0.2) is 11.5 Å². The van der Waals surface area contributed by atoms with Gasteiger partial charge in [-0.3, -0.25) is 4.79 Å². The lowest BCUT2D eigenvalue weighted by Gasteiger charge is -2.05. The van der Waals surface area contributed by atoms with Crippen molar-refractivity contribution in [1.82, 2.24) is 0 Å². The monoisotopic (exact) mass is 309 g/mol. The van der Waals surface area contributed by atoms with Gasteiger partial charge in [-0.15, -0.1) is 0 Å². The van der Waals surface area contributed by atoms with Gasteiger partial charge in [-0.2, -0.15) is 5.26 Å². The Morgan fingerprint density at radius 1 is 1.13 bits per heavy atom. The zero-order valence-electron chi connectivity index (χ0n) is 12.7. The van der Waals surface area contributed by atoms with Crippen LogP contribution in [0.15, 0.2) is 48.0 Å². The maximum Gasteiger partial charge on any atom is 0.203 e. The third-order valence-electron chi connectivity index (χ3n) is 3.23. The standard InChI is InChI=1S/C18H15NO4/c1-22-15-6-4-13(5-7-15)18(21)14(11-19)9-12-3-8-17(23-2)16(20)10-12/h3-10,20H,1-2H3/b14-9-. The third-order valence-corrected chi connectivity index (χ3v) is 3.23. The molecule has 0 bridgehead atoms.